The highest BCUT2D eigenvalue weighted by molar-refractivity contribution is 6.78. The van der Waals surface area contributed by atoms with Gasteiger partial charge in [-0.3, -0.25) is 4.90 Å². The number of fused-ring (bicyclic) bond motifs is 2. The third kappa shape index (κ3) is 5.70. The van der Waals surface area contributed by atoms with E-state index in [4.69, 9.17) is 4.43 Å². The van der Waals surface area contributed by atoms with Crippen molar-refractivity contribution >= 4 is 8.32 Å². The maximum atomic E-state index is 11.5. The zero-order valence-corrected chi connectivity index (χ0v) is 25.0. The summed E-state index contributed by atoms with van der Waals surface area (Å²) in [5, 5.41) is 22.9. The standard InChI is InChI=1S/C32H49NO3Si/c1-22(2)37(23(3)4,24(5)6)36-30-17-13-27(14-18-30)31(34)25(7)33-28-15-16-29(33)21-32(35,20-28)19-26-11-9-8-10-12-26/h8-14,17-18,22-25,28-29,31,34-35H,15-16,19-21H2,1-7H3/t25-,28?,29?,31+,32?/m0/s1. The lowest BCUT2D eigenvalue weighted by Crippen LogP contribution is -2.55. The predicted molar refractivity (Wildman–Crippen MR) is 156 cm³/mol. The maximum Gasteiger partial charge on any atom is 0.258 e. The van der Waals surface area contributed by atoms with E-state index in [1.54, 1.807) is 0 Å². The molecule has 2 aromatic rings. The number of benzene rings is 2. The van der Waals surface area contributed by atoms with Crippen LogP contribution in [0.15, 0.2) is 54.6 Å². The van der Waals surface area contributed by atoms with Gasteiger partial charge in [0.05, 0.1) is 11.7 Å². The van der Waals surface area contributed by atoms with Gasteiger partial charge in [-0.15, -0.1) is 0 Å². The summed E-state index contributed by atoms with van der Waals surface area (Å²) in [5.74, 6) is 0.926. The topological polar surface area (TPSA) is 52.9 Å². The van der Waals surface area contributed by atoms with Gasteiger partial charge in [0, 0.05) is 24.5 Å². The molecule has 0 amide bonds. The number of nitrogens with zero attached hydrogens (tertiary/aromatic N) is 1. The number of piperidine rings is 1. The van der Waals surface area contributed by atoms with Gasteiger partial charge in [0.1, 0.15) is 5.75 Å². The molecule has 204 valence electrons. The second-order valence-electron chi connectivity index (χ2n) is 12.8. The molecule has 5 heteroatoms. The average molecular weight is 524 g/mol. The van der Waals surface area contributed by atoms with Crippen molar-refractivity contribution in [1.29, 1.82) is 0 Å². The summed E-state index contributed by atoms with van der Waals surface area (Å²) < 4.78 is 6.83. The lowest BCUT2D eigenvalue weighted by molar-refractivity contribution is -0.0798. The largest absolute Gasteiger partial charge is 0.543 e. The molecule has 4 atom stereocenters. The van der Waals surface area contributed by atoms with Crippen LogP contribution in [0.2, 0.25) is 16.6 Å². The molecule has 2 fully saturated rings. The first-order chi connectivity index (χ1) is 17.5. The molecule has 2 aromatic carbocycles. The fourth-order valence-corrected chi connectivity index (χ4v) is 13.1. The van der Waals surface area contributed by atoms with Crippen LogP contribution in [0.5, 0.6) is 5.75 Å². The summed E-state index contributed by atoms with van der Waals surface area (Å²) in [4.78, 5) is 2.50. The molecule has 37 heavy (non-hydrogen) atoms. The third-order valence-corrected chi connectivity index (χ3v) is 15.4. The van der Waals surface area contributed by atoms with E-state index < -0.39 is 20.0 Å². The van der Waals surface area contributed by atoms with Crippen LogP contribution in [0.4, 0.5) is 0 Å². The number of hydrogen-bond acceptors (Lipinski definition) is 4. The van der Waals surface area contributed by atoms with Crippen LogP contribution in [-0.2, 0) is 6.42 Å². The van der Waals surface area contributed by atoms with Crippen molar-refractivity contribution in [1.82, 2.24) is 4.90 Å². The molecule has 2 N–H and O–H groups in total. The van der Waals surface area contributed by atoms with Gasteiger partial charge in [-0.25, -0.2) is 0 Å². The average Bonchev–Trinajstić information content (AvgIpc) is 3.13. The van der Waals surface area contributed by atoms with Crippen LogP contribution in [0.25, 0.3) is 0 Å². The fraction of sp³-hybridized carbons (Fsp3) is 0.625. The van der Waals surface area contributed by atoms with Crippen LogP contribution in [0.3, 0.4) is 0 Å². The van der Waals surface area contributed by atoms with Crippen molar-refractivity contribution in [3.63, 3.8) is 0 Å². The van der Waals surface area contributed by atoms with Gasteiger partial charge < -0.3 is 14.6 Å². The molecule has 0 saturated carbocycles. The summed E-state index contributed by atoms with van der Waals surface area (Å²) in [6.07, 6.45) is 3.87. The maximum absolute atomic E-state index is 11.5. The number of aliphatic hydroxyl groups is 2. The molecular formula is C32H49NO3Si. The Morgan fingerprint density at radius 2 is 1.35 bits per heavy atom. The van der Waals surface area contributed by atoms with Crippen molar-refractivity contribution in [3.8, 4) is 5.75 Å². The normalized spacial score (nSPS) is 26.2. The summed E-state index contributed by atoms with van der Waals surface area (Å²) >= 11 is 0. The van der Waals surface area contributed by atoms with Crippen molar-refractivity contribution in [2.45, 2.75) is 127 Å². The van der Waals surface area contributed by atoms with Gasteiger partial charge in [-0.2, -0.15) is 0 Å². The minimum atomic E-state index is -2.01. The van der Waals surface area contributed by atoms with Gasteiger partial charge >= 0.3 is 0 Å². The van der Waals surface area contributed by atoms with Gasteiger partial charge in [-0.05, 0) is 72.5 Å². The Morgan fingerprint density at radius 3 is 1.84 bits per heavy atom. The van der Waals surface area contributed by atoms with Gasteiger partial charge in [0.2, 0.25) is 0 Å². The Morgan fingerprint density at radius 1 is 0.838 bits per heavy atom. The van der Waals surface area contributed by atoms with E-state index in [0.29, 0.717) is 35.1 Å². The van der Waals surface area contributed by atoms with Crippen molar-refractivity contribution in [2.75, 3.05) is 0 Å². The number of aliphatic hydroxyl groups excluding tert-OH is 1. The van der Waals surface area contributed by atoms with Crippen LogP contribution >= 0.6 is 0 Å². The van der Waals surface area contributed by atoms with Crippen LogP contribution < -0.4 is 4.43 Å². The quantitative estimate of drug-likeness (QED) is 0.322. The molecule has 2 bridgehead atoms. The monoisotopic (exact) mass is 523 g/mol. The second-order valence-corrected chi connectivity index (χ2v) is 18.2. The first-order valence-electron chi connectivity index (χ1n) is 14.5. The zero-order valence-electron chi connectivity index (χ0n) is 24.0. The summed E-state index contributed by atoms with van der Waals surface area (Å²) in [6.45, 7) is 16.0. The van der Waals surface area contributed by atoms with Gasteiger partial charge in [0.25, 0.3) is 8.32 Å². The Balaban J connectivity index is 1.44. The highest BCUT2D eigenvalue weighted by Gasteiger charge is 2.50. The predicted octanol–water partition coefficient (Wildman–Crippen LogP) is 7.26. The highest BCUT2D eigenvalue weighted by Crippen LogP contribution is 2.46. The molecule has 4 nitrogen and oxygen atoms in total. The number of rotatable bonds is 10. The van der Waals surface area contributed by atoms with E-state index in [-0.39, 0.29) is 6.04 Å². The van der Waals surface area contributed by atoms with Gasteiger partial charge in [-0.1, -0.05) is 84.0 Å². The van der Waals surface area contributed by atoms with Crippen LogP contribution in [-0.4, -0.2) is 47.2 Å². The van der Waals surface area contributed by atoms with E-state index in [0.717, 1.165) is 37.0 Å². The fourth-order valence-electron chi connectivity index (χ4n) is 7.87. The smallest absolute Gasteiger partial charge is 0.258 e. The summed E-state index contributed by atoms with van der Waals surface area (Å²) in [6, 6.07) is 19.2. The van der Waals surface area contributed by atoms with E-state index in [9.17, 15) is 10.2 Å². The second kappa shape index (κ2) is 11.2. The molecular weight excluding hydrogens is 474 g/mol. The molecule has 2 saturated heterocycles. The number of hydrogen-bond donors (Lipinski definition) is 2. The summed E-state index contributed by atoms with van der Waals surface area (Å²) in [5.41, 5.74) is 3.05. The first kappa shape index (κ1) is 28.3. The van der Waals surface area contributed by atoms with E-state index in [1.807, 2.05) is 30.3 Å². The van der Waals surface area contributed by atoms with Crippen LogP contribution in [0.1, 0.15) is 91.4 Å². The van der Waals surface area contributed by atoms with E-state index in [1.165, 1.54) is 5.56 Å². The van der Waals surface area contributed by atoms with Gasteiger partial charge in [0.15, 0.2) is 0 Å². The molecule has 2 aliphatic rings. The van der Waals surface area contributed by atoms with Crippen molar-refractivity contribution in [3.05, 3.63) is 65.7 Å². The first-order valence-corrected chi connectivity index (χ1v) is 16.6. The minimum Gasteiger partial charge on any atom is -0.543 e. The summed E-state index contributed by atoms with van der Waals surface area (Å²) in [7, 11) is -2.01. The van der Waals surface area contributed by atoms with E-state index >= 15 is 0 Å². The molecule has 2 unspecified atom stereocenters. The lowest BCUT2D eigenvalue weighted by atomic mass is 9.80. The third-order valence-electron chi connectivity index (χ3n) is 9.43. The molecule has 0 radical (unpaired) electrons. The lowest BCUT2D eigenvalue weighted by Gasteiger charge is -2.47. The van der Waals surface area contributed by atoms with Crippen molar-refractivity contribution in [2.24, 2.45) is 0 Å². The Hall–Kier alpha value is -1.66. The Bertz CT molecular complexity index is 971. The molecule has 4 rings (SSSR count). The molecule has 2 aliphatic heterocycles. The van der Waals surface area contributed by atoms with Crippen LogP contribution in [0, 0.1) is 0 Å². The highest BCUT2D eigenvalue weighted by atomic mass is 28.4. The zero-order chi connectivity index (χ0) is 27.0. The molecule has 0 aromatic heterocycles. The van der Waals surface area contributed by atoms with Crippen molar-refractivity contribution < 1.29 is 14.6 Å². The molecule has 0 spiro atoms. The van der Waals surface area contributed by atoms with E-state index in [2.05, 4.69) is 77.6 Å². The molecule has 2 heterocycles. The minimum absolute atomic E-state index is 0.000927. The SMILES string of the molecule is CC(C)[Si](Oc1ccc([C@H](O)[C@H](C)N2C3CCC2CC(O)(Cc2ccccc2)C3)cc1)(C(C)C)C(C)C. The Labute approximate surface area is 226 Å². The Kier molecular flexibility index (Phi) is 8.59. The molecule has 0 aliphatic carbocycles.